The van der Waals surface area contributed by atoms with Crippen molar-refractivity contribution in [3.63, 3.8) is 0 Å². The third kappa shape index (κ3) is 5.77. The summed E-state index contributed by atoms with van der Waals surface area (Å²) in [5.74, 6) is 0. The molecule has 0 aromatic carbocycles. The van der Waals surface area contributed by atoms with Crippen molar-refractivity contribution in [3.05, 3.63) is 10.1 Å². The zero-order valence-corrected chi connectivity index (χ0v) is 4.82. The third-order valence-electron chi connectivity index (χ3n) is 0.318. The van der Waals surface area contributed by atoms with Crippen molar-refractivity contribution in [1.82, 2.24) is 0 Å². The quantitative estimate of drug-likeness (QED) is 0.244. The Labute approximate surface area is 67.2 Å². The van der Waals surface area contributed by atoms with E-state index >= 15 is 0 Å². The molecular formula is HBF2LiNO5. The summed E-state index contributed by atoms with van der Waals surface area (Å²) >= 11 is 0. The Kier molecular flexibility index (Phi) is 8.33. The van der Waals surface area contributed by atoms with Gasteiger partial charge in [-0.05, 0) is 0 Å². The van der Waals surface area contributed by atoms with E-state index in [9.17, 15) is 19.2 Å². The predicted octanol–water partition coefficient (Wildman–Crippen LogP) is -2.90. The van der Waals surface area contributed by atoms with Crippen LogP contribution in [0.1, 0.15) is 1.43 Å². The van der Waals surface area contributed by atoms with Gasteiger partial charge in [-0.25, -0.2) is 0 Å². The molecule has 54 valence electrons. The normalized spacial score (nSPS) is 7.80. The molecule has 0 unspecified atom stereocenters. The minimum atomic E-state index is -2.56. The van der Waals surface area contributed by atoms with Crippen LogP contribution in [0.2, 0.25) is 0 Å². The summed E-state index contributed by atoms with van der Waals surface area (Å²) in [6, 6.07) is 0. The molecule has 0 spiro atoms. The number of hydrogen-bond donors (Lipinski definition) is 0. The summed E-state index contributed by atoms with van der Waals surface area (Å²) in [6.07, 6.45) is 0. The number of rotatable bonds is 4. The molecule has 6 nitrogen and oxygen atoms in total. The van der Waals surface area contributed by atoms with Gasteiger partial charge in [-0.3, -0.25) is 4.76 Å². The average molecular weight is 151 g/mol. The summed E-state index contributed by atoms with van der Waals surface area (Å²) in [6.45, 7) is 0. The average Bonchev–Trinajstić information content (AvgIpc) is 1.82. The van der Waals surface area contributed by atoms with Crippen LogP contribution in [-0.2, 0) is 14.5 Å². The van der Waals surface area contributed by atoms with Gasteiger partial charge in [0.25, 0.3) is 5.09 Å². The number of nitrogens with zero attached hydrogens (tertiary/aromatic N) is 1. The first-order valence-electron chi connectivity index (χ1n) is 1.56. The molecule has 0 saturated heterocycles. The van der Waals surface area contributed by atoms with E-state index in [1.807, 2.05) is 0 Å². The number of halogens is 2. The molecule has 0 aliphatic heterocycles. The standard InChI is InChI=1S/BF2NO5.Li.H/c2-7-1(8-3)9-4(5)6;;/q;+1;-1. The van der Waals surface area contributed by atoms with Crippen LogP contribution in [0.15, 0.2) is 0 Å². The SMILES string of the molecule is O=[N+]([O-])OB(OF)OF.[H-].[Li+]. The van der Waals surface area contributed by atoms with E-state index in [0.29, 0.717) is 0 Å². The van der Waals surface area contributed by atoms with Gasteiger partial charge in [0.15, 0.2) is 0 Å². The largest absolute Gasteiger partial charge is 1.00 e. The van der Waals surface area contributed by atoms with Gasteiger partial charge < -0.3 is 1.43 Å². The van der Waals surface area contributed by atoms with Crippen molar-refractivity contribution >= 4 is 7.32 Å². The fourth-order valence-corrected chi connectivity index (χ4v) is 0.117. The van der Waals surface area contributed by atoms with Gasteiger partial charge in [0.2, 0.25) is 0 Å². The third-order valence-corrected chi connectivity index (χ3v) is 0.318. The van der Waals surface area contributed by atoms with Crippen LogP contribution in [0, 0.1) is 10.1 Å². The van der Waals surface area contributed by atoms with Crippen LogP contribution in [0.25, 0.3) is 0 Å². The van der Waals surface area contributed by atoms with E-state index in [1.54, 1.807) is 0 Å². The Morgan fingerprint density at radius 1 is 1.50 bits per heavy atom. The molecular weight excluding hydrogens is 150 g/mol. The van der Waals surface area contributed by atoms with Crippen molar-refractivity contribution in [2.45, 2.75) is 0 Å². The Balaban J connectivity index is -0.000000320. The first kappa shape index (κ1) is 12.3. The topological polar surface area (TPSA) is 70.8 Å². The second-order valence-corrected chi connectivity index (χ2v) is 0.796. The van der Waals surface area contributed by atoms with Crippen LogP contribution >= 0.6 is 0 Å². The molecule has 0 aliphatic carbocycles. The van der Waals surface area contributed by atoms with Crippen molar-refractivity contribution in [2.24, 2.45) is 0 Å². The minimum absolute atomic E-state index is 0. The Bertz CT molecular complexity index is 102. The van der Waals surface area contributed by atoms with Crippen molar-refractivity contribution in [2.75, 3.05) is 0 Å². The Morgan fingerprint density at radius 3 is 2.00 bits per heavy atom. The summed E-state index contributed by atoms with van der Waals surface area (Å²) in [7, 11) is -2.56. The van der Waals surface area contributed by atoms with E-state index in [0.717, 1.165) is 0 Å². The molecule has 0 aliphatic rings. The minimum Gasteiger partial charge on any atom is -1.00 e. The molecule has 0 atom stereocenters. The van der Waals surface area contributed by atoms with E-state index in [-0.39, 0.29) is 20.3 Å². The molecule has 10 heavy (non-hydrogen) atoms. The van der Waals surface area contributed by atoms with Gasteiger partial charge in [-0.1, -0.05) is 9.05 Å². The van der Waals surface area contributed by atoms with Crippen molar-refractivity contribution in [1.29, 1.82) is 0 Å². The second kappa shape index (κ2) is 6.76. The number of hydrogen-bond acceptors (Lipinski definition) is 5. The van der Waals surface area contributed by atoms with Crippen LogP contribution < -0.4 is 18.9 Å². The van der Waals surface area contributed by atoms with E-state index in [4.69, 9.17) is 0 Å². The molecule has 0 aromatic heterocycles. The van der Waals surface area contributed by atoms with Crippen LogP contribution in [0.4, 0.5) is 9.05 Å². The molecule has 0 saturated carbocycles. The van der Waals surface area contributed by atoms with Crippen molar-refractivity contribution < 1.29 is 48.9 Å². The molecule has 0 bridgehead atoms. The monoisotopic (exact) mass is 151 g/mol. The maximum Gasteiger partial charge on any atom is 1.00 e. The first-order chi connectivity index (χ1) is 4.20. The second-order valence-electron chi connectivity index (χ2n) is 0.796. The van der Waals surface area contributed by atoms with Crippen molar-refractivity contribution in [3.8, 4) is 0 Å². The maximum absolute atomic E-state index is 10.7. The zero-order valence-electron chi connectivity index (χ0n) is 5.82. The van der Waals surface area contributed by atoms with E-state index in [1.165, 1.54) is 0 Å². The molecule has 0 aromatic rings. The summed E-state index contributed by atoms with van der Waals surface area (Å²) < 4.78 is 24.5. The van der Waals surface area contributed by atoms with Gasteiger partial charge in [0.1, 0.15) is 0 Å². The Hall–Kier alpha value is -0.358. The fraction of sp³-hybridized carbons (Fsp3) is 0. The van der Waals surface area contributed by atoms with Gasteiger partial charge in [-0.15, -0.1) is 10.1 Å². The summed E-state index contributed by atoms with van der Waals surface area (Å²) in [5.41, 5.74) is 0. The smallest absolute Gasteiger partial charge is 1.00 e. The molecule has 0 heterocycles. The van der Waals surface area contributed by atoms with Gasteiger partial charge in [0.05, 0.1) is 0 Å². The molecule has 10 heteroatoms. The van der Waals surface area contributed by atoms with E-state index in [2.05, 4.69) is 14.5 Å². The molecule has 0 rings (SSSR count). The molecule has 0 radical (unpaired) electrons. The van der Waals surface area contributed by atoms with Gasteiger partial charge in [-0.2, -0.15) is 9.72 Å². The van der Waals surface area contributed by atoms with Gasteiger partial charge in [0, 0.05) is 0 Å². The molecule has 0 N–H and O–H groups in total. The molecule has 0 fully saturated rings. The molecule has 0 amide bonds. The van der Waals surface area contributed by atoms with E-state index < -0.39 is 12.4 Å². The van der Waals surface area contributed by atoms with Crippen LogP contribution in [0.3, 0.4) is 0 Å². The zero-order chi connectivity index (χ0) is 7.28. The fourth-order valence-electron chi connectivity index (χ4n) is 0.117. The van der Waals surface area contributed by atoms with Crippen LogP contribution in [0.5, 0.6) is 0 Å². The van der Waals surface area contributed by atoms with Crippen LogP contribution in [-0.4, -0.2) is 12.4 Å². The predicted molar refractivity (Wildman–Crippen MR) is 19.3 cm³/mol. The first-order valence-corrected chi connectivity index (χ1v) is 1.56. The maximum atomic E-state index is 10.7. The summed E-state index contributed by atoms with van der Waals surface area (Å²) in [5, 5.41) is 7.75. The summed E-state index contributed by atoms with van der Waals surface area (Å²) in [4.78, 5) is 14.1. The van der Waals surface area contributed by atoms with Gasteiger partial charge >= 0.3 is 26.2 Å². The Morgan fingerprint density at radius 2 is 1.90 bits per heavy atom.